The Labute approximate surface area is 268 Å². The third kappa shape index (κ3) is 9.67. The number of carboxylic acid groups (broad SMARTS) is 1. The summed E-state index contributed by atoms with van der Waals surface area (Å²) in [5.41, 5.74) is 2.74. The molecule has 1 heterocycles. The summed E-state index contributed by atoms with van der Waals surface area (Å²) >= 11 is 0. The first-order valence-electron chi connectivity index (χ1n) is 15.0. The number of carbonyl (C=O) groups is 4. The molecule has 4 rings (SSSR count). The number of fused-ring (bicyclic) bond motifs is 2. The van der Waals surface area contributed by atoms with Crippen molar-refractivity contribution in [3.05, 3.63) is 102 Å². The van der Waals surface area contributed by atoms with E-state index in [1.54, 1.807) is 6.08 Å². The number of hydrogen-bond donors (Lipinski definition) is 2. The van der Waals surface area contributed by atoms with Crippen molar-refractivity contribution in [1.29, 1.82) is 5.41 Å². The Balaban J connectivity index is 0.000000326. The van der Waals surface area contributed by atoms with Gasteiger partial charge in [-0.1, -0.05) is 76.0 Å². The molecule has 0 aromatic heterocycles. The fourth-order valence-electron chi connectivity index (χ4n) is 4.52. The molecule has 46 heavy (non-hydrogen) atoms. The zero-order chi connectivity index (χ0) is 33.8. The van der Waals surface area contributed by atoms with Gasteiger partial charge in [-0.2, -0.15) is 0 Å². The van der Waals surface area contributed by atoms with Crippen LogP contribution in [0.5, 0.6) is 0 Å². The Hall–Kier alpha value is -5.15. The van der Waals surface area contributed by atoms with E-state index in [0.29, 0.717) is 49.9 Å². The molecule has 1 atom stereocenters. The molecule has 0 aliphatic carbocycles. The van der Waals surface area contributed by atoms with Crippen molar-refractivity contribution < 1.29 is 38.5 Å². The van der Waals surface area contributed by atoms with Gasteiger partial charge in [0.1, 0.15) is 0 Å². The lowest BCUT2D eigenvalue weighted by atomic mass is 9.93. The molecule has 240 valence electrons. The maximum atomic E-state index is 12.7. The van der Waals surface area contributed by atoms with Gasteiger partial charge in [-0.05, 0) is 64.9 Å². The van der Waals surface area contributed by atoms with Crippen LogP contribution in [0.25, 0.3) is 27.6 Å². The van der Waals surface area contributed by atoms with Crippen LogP contribution in [-0.4, -0.2) is 54.5 Å². The van der Waals surface area contributed by atoms with Crippen LogP contribution in [0, 0.1) is 5.41 Å². The van der Waals surface area contributed by atoms with Crippen molar-refractivity contribution in [1.82, 2.24) is 0 Å². The van der Waals surface area contributed by atoms with Gasteiger partial charge in [0.05, 0.1) is 19.3 Å². The normalized spacial score (nSPS) is 13.6. The van der Waals surface area contributed by atoms with E-state index < -0.39 is 23.9 Å². The van der Waals surface area contributed by atoms with Crippen molar-refractivity contribution in [3.63, 3.8) is 0 Å². The topological polar surface area (TPSA) is 143 Å². The highest BCUT2D eigenvalue weighted by atomic mass is 16.6. The Morgan fingerprint density at radius 3 is 2.26 bits per heavy atom. The molecule has 1 fully saturated rings. The molecule has 1 unspecified atom stereocenters. The molecule has 0 bridgehead atoms. The number of ether oxygens (including phenoxy) is 3. The highest BCUT2D eigenvalue weighted by Gasteiger charge is 2.27. The van der Waals surface area contributed by atoms with Crippen molar-refractivity contribution in [2.45, 2.75) is 52.1 Å². The predicted octanol–water partition coefficient (Wildman–Crippen LogP) is 7.12. The van der Waals surface area contributed by atoms with E-state index in [9.17, 15) is 19.2 Å². The summed E-state index contributed by atoms with van der Waals surface area (Å²) in [5.74, 6) is -2.83. The van der Waals surface area contributed by atoms with Crippen LogP contribution in [0.3, 0.4) is 0 Å². The van der Waals surface area contributed by atoms with Crippen molar-refractivity contribution >= 4 is 57.7 Å². The largest absolute Gasteiger partial charge is 0.478 e. The quantitative estimate of drug-likeness (QED) is 0.0367. The van der Waals surface area contributed by atoms with Crippen LogP contribution in [-0.2, 0) is 33.4 Å². The smallest absolute Gasteiger partial charge is 0.341 e. The maximum Gasteiger partial charge on any atom is 0.341 e. The number of carboxylic acids is 1. The number of epoxide rings is 1. The standard InChI is InChI=1S/C26H23NO4.C11H16O4/c1-3-17(26(29)31-25(28)16(2)11-21-15-30-21)12-19-8-6-9-20-13-18-7-4-5-10-22(18)23(14-27)24(19)20;1-4-8(2)11(14)15-7-5-6-9(3)10(12)13/h4-10,12-14,21,27H,2-3,11,15H2,1H3;2-7H2,1H3,(H,12,13). The molecule has 1 saturated heterocycles. The molecule has 0 saturated carbocycles. The predicted molar refractivity (Wildman–Crippen MR) is 179 cm³/mol. The number of rotatable bonds is 14. The summed E-state index contributed by atoms with van der Waals surface area (Å²) in [4.78, 5) is 46.3. The average Bonchev–Trinajstić information content (AvgIpc) is 3.87. The molecule has 1 aliphatic heterocycles. The van der Waals surface area contributed by atoms with Gasteiger partial charge in [0, 0.05) is 40.5 Å². The zero-order valence-corrected chi connectivity index (χ0v) is 26.2. The summed E-state index contributed by atoms with van der Waals surface area (Å²) in [5, 5.41) is 20.4. The number of nitrogens with one attached hydrogen (secondary N) is 1. The lowest BCUT2D eigenvalue weighted by Crippen LogP contribution is -2.16. The molecule has 0 spiro atoms. The van der Waals surface area contributed by atoms with Gasteiger partial charge in [0.25, 0.3) is 0 Å². The van der Waals surface area contributed by atoms with Crippen LogP contribution in [0.2, 0.25) is 0 Å². The molecule has 2 N–H and O–H groups in total. The third-order valence-electron chi connectivity index (χ3n) is 7.30. The molecule has 3 aromatic carbocycles. The van der Waals surface area contributed by atoms with Gasteiger partial charge < -0.3 is 24.7 Å². The first-order chi connectivity index (χ1) is 22.0. The fraction of sp³-hybridized carbons (Fsp3) is 0.270. The number of esters is 3. The number of aliphatic carboxylic acids is 1. The third-order valence-corrected chi connectivity index (χ3v) is 7.30. The van der Waals surface area contributed by atoms with Crippen LogP contribution in [0.4, 0.5) is 0 Å². The van der Waals surface area contributed by atoms with Gasteiger partial charge in [0.2, 0.25) is 0 Å². The van der Waals surface area contributed by atoms with Crippen LogP contribution in [0.1, 0.15) is 57.1 Å². The lowest BCUT2D eigenvalue weighted by Gasteiger charge is -2.12. The monoisotopic (exact) mass is 625 g/mol. The van der Waals surface area contributed by atoms with Crippen molar-refractivity contribution in [2.75, 3.05) is 13.2 Å². The van der Waals surface area contributed by atoms with Gasteiger partial charge in [-0.15, -0.1) is 0 Å². The summed E-state index contributed by atoms with van der Waals surface area (Å²) in [7, 11) is 0. The Morgan fingerprint density at radius 2 is 1.63 bits per heavy atom. The molecule has 0 radical (unpaired) electrons. The molecule has 9 heteroatoms. The minimum absolute atomic E-state index is 0.00129. The van der Waals surface area contributed by atoms with E-state index in [4.69, 9.17) is 24.7 Å². The second kappa shape index (κ2) is 16.8. The molecule has 3 aromatic rings. The van der Waals surface area contributed by atoms with Crippen molar-refractivity contribution in [3.8, 4) is 0 Å². The fourth-order valence-corrected chi connectivity index (χ4v) is 4.52. The van der Waals surface area contributed by atoms with E-state index in [1.165, 1.54) is 6.21 Å². The van der Waals surface area contributed by atoms with Crippen molar-refractivity contribution in [2.24, 2.45) is 0 Å². The zero-order valence-electron chi connectivity index (χ0n) is 26.2. The molecular formula is C37H39NO8. The second-order valence-electron chi connectivity index (χ2n) is 10.7. The minimum atomic E-state index is -1.01. The van der Waals surface area contributed by atoms with Crippen LogP contribution < -0.4 is 0 Å². The Bertz CT molecular complexity index is 1730. The van der Waals surface area contributed by atoms with E-state index in [2.05, 4.69) is 25.8 Å². The van der Waals surface area contributed by atoms with E-state index in [0.717, 1.165) is 32.7 Å². The molecule has 1 aliphatic rings. The summed E-state index contributed by atoms with van der Waals surface area (Å²) in [6, 6.07) is 15.8. The highest BCUT2D eigenvalue weighted by Crippen LogP contribution is 2.31. The highest BCUT2D eigenvalue weighted by molar-refractivity contribution is 6.15. The average molecular weight is 626 g/mol. The first kappa shape index (κ1) is 35.3. The van der Waals surface area contributed by atoms with Crippen LogP contribution >= 0.6 is 0 Å². The molecule has 9 nitrogen and oxygen atoms in total. The van der Waals surface area contributed by atoms with E-state index in [1.807, 2.05) is 56.3 Å². The summed E-state index contributed by atoms with van der Waals surface area (Å²) < 4.78 is 15.0. The Kier molecular flexibility index (Phi) is 12.9. The summed E-state index contributed by atoms with van der Waals surface area (Å²) in [6.45, 7) is 15.0. The van der Waals surface area contributed by atoms with Gasteiger partial charge in [0.15, 0.2) is 0 Å². The van der Waals surface area contributed by atoms with E-state index >= 15 is 0 Å². The second-order valence-corrected chi connectivity index (χ2v) is 10.7. The van der Waals surface area contributed by atoms with Crippen LogP contribution in [0.15, 0.2) is 90.6 Å². The molecular weight excluding hydrogens is 586 g/mol. The van der Waals surface area contributed by atoms with E-state index in [-0.39, 0.29) is 23.9 Å². The minimum Gasteiger partial charge on any atom is -0.478 e. The SMILES string of the molecule is C=C(CC1CO1)C(=O)OC(=O)C(=Cc1cccc2cc3ccccc3c(C=N)c12)CC.C=C(CCCOC(=O)C(=C)CC)C(=O)O. The number of benzene rings is 3. The lowest BCUT2D eigenvalue weighted by molar-refractivity contribution is -0.154. The van der Waals surface area contributed by atoms with Gasteiger partial charge in [-0.25, -0.2) is 19.2 Å². The Morgan fingerprint density at radius 1 is 0.935 bits per heavy atom. The number of hydrogen-bond acceptors (Lipinski definition) is 8. The van der Waals surface area contributed by atoms with Gasteiger partial charge in [-0.3, -0.25) is 0 Å². The van der Waals surface area contributed by atoms with Gasteiger partial charge >= 0.3 is 23.9 Å². The first-order valence-corrected chi connectivity index (χ1v) is 15.0. The summed E-state index contributed by atoms with van der Waals surface area (Å²) in [6.07, 6.45) is 5.20. The maximum absolute atomic E-state index is 12.7. The number of carbonyl (C=O) groups excluding carboxylic acids is 3. The molecule has 0 amide bonds.